The lowest BCUT2D eigenvalue weighted by atomic mass is 9.64. The van der Waals surface area contributed by atoms with E-state index in [-0.39, 0.29) is 5.41 Å². The quantitative estimate of drug-likeness (QED) is 0.670. The second-order valence-electron chi connectivity index (χ2n) is 10.5. The van der Waals surface area contributed by atoms with Crippen molar-refractivity contribution in [1.82, 2.24) is 10.4 Å². The van der Waals surface area contributed by atoms with Crippen molar-refractivity contribution in [2.75, 3.05) is 0 Å². The van der Waals surface area contributed by atoms with Crippen molar-refractivity contribution in [2.24, 2.45) is 17.3 Å². The lowest BCUT2D eigenvalue weighted by Gasteiger charge is -2.53. The topological polar surface area (TPSA) is 67.9 Å². The van der Waals surface area contributed by atoms with Gasteiger partial charge >= 0.3 is 12.2 Å². The Morgan fingerprint density at radius 2 is 1.42 bits per heavy atom. The first-order chi connectivity index (χ1) is 11.6. The normalized spacial score (nSPS) is 30.0. The van der Waals surface area contributed by atoms with Crippen molar-refractivity contribution in [3.05, 3.63) is 0 Å². The van der Waals surface area contributed by atoms with E-state index >= 15 is 0 Å². The van der Waals surface area contributed by atoms with Gasteiger partial charge in [-0.2, -0.15) is 0 Å². The summed E-state index contributed by atoms with van der Waals surface area (Å²) in [5.74, 6) is 0.854. The van der Waals surface area contributed by atoms with Crippen LogP contribution in [0, 0.1) is 17.3 Å². The van der Waals surface area contributed by atoms with Gasteiger partial charge in [-0.05, 0) is 85.0 Å². The van der Waals surface area contributed by atoms with Crippen molar-refractivity contribution in [3.8, 4) is 0 Å². The zero-order chi connectivity index (χ0) is 20.1. The van der Waals surface area contributed by atoms with E-state index in [2.05, 4.69) is 26.2 Å². The SMILES string of the molecule is CC(C)(C)OC(=O)NN(C(=O)OC(C)(C)C)C1(C)[C@H]2CC[C@H](C2)C1(C)C. The Labute approximate surface area is 157 Å². The number of nitrogens with one attached hydrogen (secondary N) is 1. The van der Waals surface area contributed by atoms with E-state index in [1.165, 1.54) is 11.4 Å². The minimum Gasteiger partial charge on any atom is -0.443 e. The number of carbonyl (C=O) groups is 2. The summed E-state index contributed by atoms with van der Waals surface area (Å²) >= 11 is 0. The van der Waals surface area contributed by atoms with Crippen LogP contribution in [0.4, 0.5) is 9.59 Å². The third-order valence-electron chi connectivity index (χ3n) is 6.20. The molecule has 6 heteroatoms. The zero-order valence-electron chi connectivity index (χ0n) is 17.9. The maximum Gasteiger partial charge on any atom is 0.429 e. The monoisotopic (exact) mass is 368 g/mol. The largest absolute Gasteiger partial charge is 0.443 e. The Morgan fingerprint density at radius 1 is 0.923 bits per heavy atom. The van der Waals surface area contributed by atoms with Crippen LogP contribution in [-0.2, 0) is 9.47 Å². The molecule has 3 atom stereocenters. The summed E-state index contributed by atoms with van der Waals surface area (Å²) in [6.07, 6.45) is 2.12. The number of fused-ring (bicyclic) bond motifs is 2. The van der Waals surface area contributed by atoms with E-state index in [0.717, 1.165) is 12.8 Å². The molecule has 2 bridgehead atoms. The summed E-state index contributed by atoms with van der Waals surface area (Å²) in [5, 5.41) is 1.41. The first-order valence-electron chi connectivity index (χ1n) is 9.61. The first kappa shape index (κ1) is 20.8. The molecule has 1 N–H and O–H groups in total. The van der Waals surface area contributed by atoms with Crippen LogP contribution in [0.15, 0.2) is 0 Å². The number of nitrogens with zero attached hydrogens (tertiary/aromatic N) is 1. The highest BCUT2D eigenvalue weighted by Crippen LogP contribution is 2.63. The first-order valence-corrected chi connectivity index (χ1v) is 9.61. The third kappa shape index (κ3) is 3.79. The lowest BCUT2D eigenvalue weighted by Crippen LogP contribution is -2.67. The summed E-state index contributed by atoms with van der Waals surface area (Å²) in [6.45, 7) is 17.3. The molecule has 0 aromatic carbocycles. The van der Waals surface area contributed by atoms with Crippen molar-refractivity contribution in [3.63, 3.8) is 0 Å². The van der Waals surface area contributed by atoms with Crippen LogP contribution in [0.2, 0.25) is 0 Å². The molecule has 2 fully saturated rings. The van der Waals surface area contributed by atoms with E-state index in [1.807, 2.05) is 20.8 Å². The molecule has 6 nitrogen and oxygen atoms in total. The Kier molecular flexibility index (Phi) is 5.06. The predicted molar refractivity (Wildman–Crippen MR) is 100 cm³/mol. The van der Waals surface area contributed by atoms with Crippen LogP contribution in [0.25, 0.3) is 0 Å². The van der Waals surface area contributed by atoms with Crippen molar-refractivity contribution >= 4 is 12.2 Å². The van der Waals surface area contributed by atoms with Crippen molar-refractivity contribution < 1.29 is 19.1 Å². The van der Waals surface area contributed by atoms with Gasteiger partial charge in [-0.15, -0.1) is 0 Å². The molecule has 2 amide bonds. The molecular weight excluding hydrogens is 332 g/mol. The van der Waals surface area contributed by atoms with Crippen molar-refractivity contribution in [2.45, 2.75) is 98.3 Å². The number of hydrogen-bond acceptors (Lipinski definition) is 4. The Morgan fingerprint density at radius 3 is 1.85 bits per heavy atom. The van der Waals surface area contributed by atoms with Crippen LogP contribution < -0.4 is 5.43 Å². The van der Waals surface area contributed by atoms with E-state index in [9.17, 15) is 9.59 Å². The van der Waals surface area contributed by atoms with Crippen LogP contribution in [0.1, 0.15) is 81.6 Å². The van der Waals surface area contributed by atoms with Crippen LogP contribution >= 0.6 is 0 Å². The Bertz CT molecular complexity index is 573. The molecule has 150 valence electrons. The molecule has 2 rings (SSSR count). The number of rotatable bonds is 1. The number of hydrazine groups is 1. The fraction of sp³-hybridized carbons (Fsp3) is 0.900. The highest BCUT2D eigenvalue weighted by Gasteiger charge is 2.65. The average Bonchev–Trinajstić information content (AvgIpc) is 2.95. The van der Waals surface area contributed by atoms with Gasteiger partial charge in [-0.3, -0.25) is 0 Å². The van der Waals surface area contributed by atoms with Gasteiger partial charge in [-0.1, -0.05) is 13.8 Å². The molecule has 0 aliphatic heterocycles. The highest BCUT2D eigenvalue weighted by molar-refractivity contribution is 5.75. The van der Waals surface area contributed by atoms with Crippen molar-refractivity contribution in [1.29, 1.82) is 0 Å². The summed E-state index contributed by atoms with van der Waals surface area (Å²) in [4.78, 5) is 25.5. The Hall–Kier alpha value is -1.46. The summed E-state index contributed by atoms with van der Waals surface area (Å²) in [6, 6.07) is 0. The minimum absolute atomic E-state index is 0.137. The molecule has 26 heavy (non-hydrogen) atoms. The number of ether oxygens (including phenoxy) is 2. The molecule has 0 saturated heterocycles. The highest BCUT2D eigenvalue weighted by atomic mass is 16.6. The van der Waals surface area contributed by atoms with E-state index < -0.39 is 28.9 Å². The second kappa shape index (κ2) is 6.31. The molecule has 0 spiro atoms. The molecule has 2 aliphatic rings. The summed E-state index contributed by atoms with van der Waals surface area (Å²) < 4.78 is 11.0. The van der Waals surface area contributed by atoms with Gasteiger partial charge in [0.05, 0.1) is 5.54 Å². The van der Waals surface area contributed by atoms with E-state index in [0.29, 0.717) is 11.8 Å². The molecule has 2 aliphatic carbocycles. The van der Waals surface area contributed by atoms with E-state index in [1.54, 1.807) is 20.8 Å². The molecule has 2 saturated carbocycles. The molecular formula is C20H36N2O4. The van der Waals surface area contributed by atoms with Crippen LogP contribution in [0.5, 0.6) is 0 Å². The maximum atomic E-state index is 13.0. The van der Waals surface area contributed by atoms with Gasteiger partial charge in [0.2, 0.25) is 0 Å². The van der Waals surface area contributed by atoms with Gasteiger partial charge in [0.15, 0.2) is 0 Å². The van der Waals surface area contributed by atoms with Gasteiger partial charge in [0.1, 0.15) is 11.2 Å². The molecule has 1 unspecified atom stereocenters. The number of carbonyl (C=O) groups excluding carboxylic acids is 2. The minimum atomic E-state index is -0.650. The molecule has 0 heterocycles. The number of hydrogen-bond donors (Lipinski definition) is 1. The van der Waals surface area contributed by atoms with Gasteiger partial charge in [-0.25, -0.2) is 20.0 Å². The smallest absolute Gasteiger partial charge is 0.429 e. The van der Waals surface area contributed by atoms with Gasteiger partial charge in [0, 0.05) is 0 Å². The average molecular weight is 369 g/mol. The van der Waals surface area contributed by atoms with Gasteiger partial charge < -0.3 is 9.47 Å². The number of amides is 2. The maximum absolute atomic E-state index is 13.0. The van der Waals surface area contributed by atoms with Crippen LogP contribution in [-0.4, -0.2) is 33.9 Å². The lowest BCUT2D eigenvalue weighted by molar-refractivity contribution is -0.0831. The second-order valence-corrected chi connectivity index (χ2v) is 10.5. The van der Waals surface area contributed by atoms with Gasteiger partial charge in [0.25, 0.3) is 0 Å². The standard InChI is InChI=1S/C20H36N2O4/c1-17(2,3)25-15(23)21-22(16(24)26-18(4,5)6)20(9)14-11-10-13(12-14)19(20,7)8/h13-14H,10-12H2,1-9H3,(H,21,23)/t13-,14+,20?/m1/s1. The van der Waals surface area contributed by atoms with E-state index in [4.69, 9.17) is 9.47 Å². The molecule has 0 aromatic rings. The fourth-order valence-corrected chi connectivity index (χ4v) is 4.61. The third-order valence-corrected chi connectivity index (χ3v) is 6.20. The van der Waals surface area contributed by atoms with Crippen LogP contribution in [0.3, 0.4) is 0 Å². The predicted octanol–water partition coefficient (Wildman–Crippen LogP) is 4.88. The Balaban J connectivity index is 2.34. The summed E-state index contributed by atoms with van der Waals surface area (Å²) in [5.41, 5.74) is 0.753. The zero-order valence-corrected chi connectivity index (χ0v) is 17.9. The molecule has 0 aromatic heterocycles. The molecule has 0 radical (unpaired) electrons. The fourth-order valence-electron chi connectivity index (χ4n) is 4.61. The summed E-state index contributed by atoms with van der Waals surface area (Å²) in [7, 11) is 0.